The molecule has 0 unspecified atom stereocenters. The van der Waals surface area contributed by atoms with Gasteiger partial charge in [0, 0.05) is 24.3 Å². The molecule has 1 saturated heterocycles. The summed E-state index contributed by atoms with van der Waals surface area (Å²) in [6.45, 7) is 3.16. The second kappa shape index (κ2) is 6.56. The number of nitrogens with one attached hydrogen (secondary N) is 1. The van der Waals surface area contributed by atoms with Crippen LogP contribution in [0.2, 0.25) is 0 Å². The lowest BCUT2D eigenvalue weighted by molar-refractivity contribution is 0.0423. The van der Waals surface area contributed by atoms with Gasteiger partial charge in [-0.1, -0.05) is 24.0 Å². The molecule has 1 aliphatic heterocycles. The fourth-order valence-corrected chi connectivity index (χ4v) is 2.21. The second-order valence-electron chi connectivity index (χ2n) is 5.13. The van der Waals surface area contributed by atoms with E-state index in [-0.39, 0.29) is 18.1 Å². The number of carbonyl (C=O) groups excluding carboxylic acids is 1. The molecule has 0 saturated carbocycles. The maximum Gasteiger partial charge on any atom is 0.252 e. The van der Waals surface area contributed by atoms with E-state index in [0.717, 1.165) is 12.8 Å². The maximum atomic E-state index is 12.4. The first-order valence-electron chi connectivity index (χ1n) is 6.74. The molecule has 106 valence electrons. The Balaban J connectivity index is 2.16. The van der Waals surface area contributed by atoms with Crippen LogP contribution in [0.15, 0.2) is 24.3 Å². The van der Waals surface area contributed by atoms with Crippen LogP contribution in [0.4, 0.5) is 0 Å². The molecule has 0 radical (unpaired) electrons. The van der Waals surface area contributed by atoms with Crippen LogP contribution in [0, 0.1) is 11.8 Å². The predicted molar refractivity (Wildman–Crippen MR) is 76.3 cm³/mol. The Morgan fingerprint density at radius 2 is 2.10 bits per heavy atom. The number of amides is 1. The van der Waals surface area contributed by atoms with Gasteiger partial charge in [-0.25, -0.2) is 0 Å². The largest absolute Gasteiger partial charge is 0.384 e. The van der Waals surface area contributed by atoms with Crippen LogP contribution in [0.25, 0.3) is 0 Å². The van der Waals surface area contributed by atoms with Gasteiger partial charge in [-0.3, -0.25) is 4.79 Å². The molecule has 20 heavy (non-hydrogen) atoms. The molecule has 2 rings (SSSR count). The van der Waals surface area contributed by atoms with Crippen molar-refractivity contribution in [2.45, 2.75) is 25.3 Å². The first-order valence-corrected chi connectivity index (χ1v) is 6.74. The third-order valence-electron chi connectivity index (χ3n) is 3.49. The van der Waals surface area contributed by atoms with Gasteiger partial charge in [0.25, 0.3) is 5.91 Å². The minimum Gasteiger partial charge on any atom is -0.384 e. The van der Waals surface area contributed by atoms with Gasteiger partial charge < -0.3 is 15.2 Å². The third-order valence-corrected chi connectivity index (χ3v) is 3.49. The summed E-state index contributed by atoms with van der Waals surface area (Å²) in [4.78, 5) is 12.4. The van der Waals surface area contributed by atoms with Crippen molar-refractivity contribution in [1.82, 2.24) is 5.32 Å². The van der Waals surface area contributed by atoms with E-state index in [2.05, 4.69) is 17.2 Å². The molecule has 0 aliphatic carbocycles. The van der Waals surface area contributed by atoms with Gasteiger partial charge in [-0.05, 0) is 31.9 Å². The van der Waals surface area contributed by atoms with Crippen molar-refractivity contribution >= 4 is 5.91 Å². The molecule has 1 fully saturated rings. The smallest absolute Gasteiger partial charge is 0.252 e. The molecule has 1 amide bonds. The number of aliphatic hydroxyl groups excluding tert-OH is 1. The number of aliphatic hydroxyl groups is 1. The first kappa shape index (κ1) is 14.6. The highest BCUT2D eigenvalue weighted by molar-refractivity contribution is 5.97. The lowest BCUT2D eigenvalue weighted by Crippen LogP contribution is -2.49. The summed E-state index contributed by atoms with van der Waals surface area (Å²) in [6, 6.07) is 7.17. The molecule has 1 aromatic rings. The van der Waals surface area contributed by atoms with Gasteiger partial charge >= 0.3 is 0 Å². The van der Waals surface area contributed by atoms with Crippen LogP contribution in [-0.2, 0) is 4.74 Å². The van der Waals surface area contributed by atoms with Crippen molar-refractivity contribution in [3.8, 4) is 11.8 Å². The first-order chi connectivity index (χ1) is 9.64. The van der Waals surface area contributed by atoms with Crippen LogP contribution in [0.5, 0.6) is 0 Å². The summed E-state index contributed by atoms with van der Waals surface area (Å²) in [7, 11) is 0. The van der Waals surface area contributed by atoms with Crippen molar-refractivity contribution in [2.75, 3.05) is 19.8 Å². The monoisotopic (exact) mass is 273 g/mol. The van der Waals surface area contributed by atoms with Gasteiger partial charge in [0.1, 0.15) is 6.61 Å². The van der Waals surface area contributed by atoms with E-state index in [0.29, 0.717) is 24.3 Å². The zero-order valence-electron chi connectivity index (χ0n) is 11.6. The Kier molecular flexibility index (Phi) is 4.78. The van der Waals surface area contributed by atoms with Crippen molar-refractivity contribution in [3.63, 3.8) is 0 Å². The Hall–Kier alpha value is -1.83. The molecule has 4 heteroatoms. The van der Waals surface area contributed by atoms with Crippen molar-refractivity contribution in [2.24, 2.45) is 0 Å². The summed E-state index contributed by atoms with van der Waals surface area (Å²) in [5.41, 5.74) is 0.947. The van der Waals surface area contributed by atoms with Crippen LogP contribution in [0.3, 0.4) is 0 Å². The molecule has 1 heterocycles. The van der Waals surface area contributed by atoms with Crippen molar-refractivity contribution in [1.29, 1.82) is 0 Å². The van der Waals surface area contributed by atoms with Crippen LogP contribution >= 0.6 is 0 Å². The molecule has 0 bridgehead atoms. The molecular formula is C16H19NO3. The lowest BCUT2D eigenvalue weighted by atomic mass is 9.92. The summed E-state index contributed by atoms with van der Waals surface area (Å²) in [5.74, 6) is 5.26. The van der Waals surface area contributed by atoms with E-state index in [1.807, 2.05) is 19.1 Å². The summed E-state index contributed by atoms with van der Waals surface area (Å²) < 4.78 is 5.33. The van der Waals surface area contributed by atoms with Gasteiger partial charge in [0.05, 0.1) is 5.56 Å². The maximum absolute atomic E-state index is 12.4. The SMILES string of the molecule is CC1(NC(=O)c2ccccc2C#CCO)CCOCC1. The highest BCUT2D eigenvalue weighted by Crippen LogP contribution is 2.20. The number of ether oxygens (including phenoxy) is 1. The van der Waals surface area contributed by atoms with Crippen LogP contribution < -0.4 is 5.32 Å². The van der Waals surface area contributed by atoms with E-state index in [4.69, 9.17) is 9.84 Å². The fourth-order valence-electron chi connectivity index (χ4n) is 2.21. The van der Waals surface area contributed by atoms with E-state index >= 15 is 0 Å². The number of rotatable bonds is 2. The Morgan fingerprint density at radius 3 is 2.80 bits per heavy atom. The Bertz CT molecular complexity index is 536. The number of carbonyl (C=O) groups is 1. The molecule has 4 nitrogen and oxygen atoms in total. The van der Waals surface area contributed by atoms with Crippen molar-refractivity contribution in [3.05, 3.63) is 35.4 Å². The molecule has 0 atom stereocenters. The average molecular weight is 273 g/mol. The molecule has 0 aromatic heterocycles. The quantitative estimate of drug-likeness (QED) is 0.799. The lowest BCUT2D eigenvalue weighted by Gasteiger charge is -2.34. The molecule has 1 aliphatic rings. The average Bonchev–Trinajstić information content (AvgIpc) is 2.45. The molecular weight excluding hydrogens is 254 g/mol. The highest BCUT2D eigenvalue weighted by Gasteiger charge is 2.29. The fraction of sp³-hybridized carbons (Fsp3) is 0.438. The topological polar surface area (TPSA) is 58.6 Å². The number of hydrogen-bond acceptors (Lipinski definition) is 3. The minimum atomic E-state index is -0.229. The summed E-state index contributed by atoms with van der Waals surface area (Å²) in [6.07, 6.45) is 1.62. The van der Waals surface area contributed by atoms with Gasteiger partial charge in [0.15, 0.2) is 0 Å². The standard InChI is InChI=1S/C16H19NO3/c1-16(8-11-20-12-9-16)17-15(19)14-7-3-2-5-13(14)6-4-10-18/h2-3,5,7,18H,8-12H2,1H3,(H,17,19). The normalized spacial score (nSPS) is 16.9. The van der Waals surface area contributed by atoms with Crippen LogP contribution in [-0.4, -0.2) is 36.4 Å². The Labute approximate surface area is 119 Å². The third kappa shape index (κ3) is 3.60. The highest BCUT2D eigenvalue weighted by atomic mass is 16.5. The van der Waals surface area contributed by atoms with E-state index < -0.39 is 0 Å². The molecule has 1 aromatic carbocycles. The van der Waals surface area contributed by atoms with E-state index in [9.17, 15) is 4.79 Å². The predicted octanol–water partition coefficient (Wildman–Crippen LogP) is 1.33. The van der Waals surface area contributed by atoms with Crippen molar-refractivity contribution < 1.29 is 14.6 Å². The van der Waals surface area contributed by atoms with Gasteiger partial charge in [0.2, 0.25) is 0 Å². The van der Waals surface area contributed by atoms with Crippen LogP contribution in [0.1, 0.15) is 35.7 Å². The van der Waals surface area contributed by atoms with E-state index in [1.165, 1.54) is 0 Å². The zero-order valence-corrected chi connectivity index (χ0v) is 11.6. The summed E-state index contributed by atoms with van der Waals surface area (Å²) >= 11 is 0. The second-order valence-corrected chi connectivity index (χ2v) is 5.13. The molecule has 0 spiro atoms. The van der Waals surface area contributed by atoms with Gasteiger partial charge in [-0.15, -0.1) is 0 Å². The van der Waals surface area contributed by atoms with Gasteiger partial charge in [-0.2, -0.15) is 0 Å². The molecule has 2 N–H and O–H groups in total. The number of hydrogen-bond donors (Lipinski definition) is 2. The number of benzene rings is 1. The zero-order chi connectivity index (χ0) is 14.4. The van der Waals surface area contributed by atoms with E-state index in [1.54, 1.807) is 12.1 Å². The Morgan fingerprint density at radius 1 is 1.40 bits per heavy atom. The minimum absolute atomic E-state index is 0.128. The summed E-state index contributed by atoms with van der Waals surface area (Å²) in [5, 5.41) is 11.9.